The second-order valence-corrected chi connectivity index (χ2v) is 9.42. The van der Waals surface area contributed by atoms with Gasteiger partial charge in [0.05, 0.1) is 12.0 Å². The summed E-state index contributed by atoms with van der Waals surface area (Å²) >= 11 is 0. The summed E-state index contributed by atoms with van der Waals surface area (Å²) in [5, 5.41) is 0. The van der Waals surface area contributed by atoms with E-state index in [0.29, 0.717) is 18.0 Å². The molecule has 2 atom stereocenters. The number of rotatable bonds is 6. The molecule has 3 aliphatic heterocycles. The first kappa shape index (κ1) is 22.4. The molecule has 0 unspecified atom stereocenters. The van der Waals surface area contributed by atoms with Crippen LogP contribution in [0, 0.1) is 0 Å². The Hall–Kier alpha value is -3.35. The molecule has 0 aliphatic carbocycles. The van der Waals surface area contributed by atoms with E-state index in [2.05, 4.69) is 6.92 Å². The largest absolute Gasteiger partial charge is 0.454 e. The van der Waals surface area contributed by atoms with Gasteiger partial charge in [0.25, 0.3) is 0 Å². The number of piperidine rings is 1. The van der Waals surface area contributed by atoms with E-state index in [1.165, 1.54) is 4.90 Å². The van der Waals surface area contributed by atoms with Gasteiger partial charge in [0.2, 0.25) is 24.5 Å². The Labute approximate surface area is 199 Å². The quantitative estimate of drug-likeness (QED) is 0.611. The van der Waals surface area contributed by atoms with Crippen LogP contribution in [0.25, 0.3) is 0 Å². The molecule has 0 radical (unpaired) electrons. The van der Waals surface area contributed by atoms with Gasteiger partial charge >= 0.3 is 0 Å². The molecular weight excluding hydrogens is 432 g/mol. The highest BCUT2D eigenvalue weighted by Crippen LogP contribution is 2.42. The van der Waals surface area contributed by atoms with E-state index in [-0.39, 0.29) is 49.9 Å². The zero-order chi connectivity index (χ0) is 23.7. The maximum atomic E-state index is 13.9. The summed E-state index contributed by atoms with van der Waals surface area (Å²) < 4.78 is 10.8. The number of hydrogen-bond acceptors (Lipinski definition) is 5. The van der Waals surface area contributed by atoms with Crippen molar-refractivity contribution in [3.63, 3.8) is 0 Å². The third kappa shape index (κ3) is 3.93. The number of likely N-dealkylation sites (tertiary alicyclic amines) is 2. The third-order valence-corrected chi connectivity index (χ3v) is 7.38. The minimum Gasteiger partial charge on any atom is -0.454 e. The standard InChI is InChI=1S/C27H30N2O5/c1-2-21-10-6-7-13-28(21)24(30)15-27(20-8-4-3-5-9-20)16-25(31)29(26(27)32)17-19-11-12-22-23(14-19)34-18-33-22/h3-5,8-9,11-12,14,21H,2,6-7,10,13,15-18H2,1H3/t21-,27-/m1/s1. The number of amides is 3. The zero-order valence-electron chi connectivity index (χ0n) is 19.5. The van der Waals surface area contributed by atoms with Gasteiger partial charge in [-0.2, -0.15) is 0 Å². The van der Waals surface area contributed by atoms with Crippen molar-refractivity contribution in [2.24, 2.45) is 0 Å². The Morgan fingerprint density at radius 3 is 2.65 bits per heavy atom. The van der Waals surface area contributed by atoms with Crippen LogP contribution in [0.1, 0.15) is 56.6 Å². The first-order valence-electron chi connectivity index (χ1n) is 12.1. The molecule has 178 valence electrons. The van der Waals surface area contributed by atoms with Crippen LogP contribution in [-0.4, -0.2) is 46.9 Å². The van der Waals surface area contributed by atoms with E-state index in [1.54, 1.807) is 12.1 Å². The van der Waals surface area contributed by atoms with Crippen LogP contribution in [0.5, 0.6) is 11.5 Å². The van der Waals surface area contributed by atoms with Gasteiger partial charge in [-0.05, 0) is 48.9 Å². The van der Waals surface area contributed by atoms with Crippen LogP contribution in [0.2, 0.25) is 0 Å². The number of ether oxygens (including phenoxy) is 2. The van der Waals surface area contributed by atoms with Gasteiger partial charge in [-0.15, -0.1) is 0 Å². The average Bonchev–Trinajstić information content (AvgIpc) is 3.43. The lowest BCUT2D eigenvalue weighted by molar-refractivity contribution is -0.144. The maximum Gasteiger partial charge on any atom is 0.241 e. The molecular formula is C27H30N2O5. The first-order chi connectivity index (χ1) is 16.5. The second kappa shape index (κ2) is 9.12. The van der Waals surface area contributed by atoms with E-state index < -0.39 is 5.41 Å². The zero-order valence-corrected chi connectivity index (χ0v) is 19.5. The van der Waals surface area contributed by atoms with Crippen molar-refractivity contribution in [2.45, 2.75) is 63.5 Å². The third-order valence-electron chi connectivity index (χ3n) is 7.38. The van der Waals surface area contributed by atoms with E-state index in [4.69, 9.17) is 9.47 Å². The molecule has 2 aromatic rings. The number of hydrogen-bond donors (Lipinski definition) is 0. The molecule has 5 rings (SSSR count). The van der Waals surface area contributed by atoms with Crippen molar-refractivity contribution < 1.29 is 23.9 Å². The minimum atomic E-state index is -1.18. The molecule has 7 nitrogen and oxygen atoms in total. The SMILES string of the molecule is CC[C@@H]1CCCCN1C(=O)C[C@]1(c2ccccc2)CC(=O)N(Cc2ccc3c(c2)OCO3)C1=O. The molecule has 2 saturated heterocycles. The molecule has 0 spiro atoms. The van der Waals surface area contributed by atoms with Crippen LogP contribution in [0.15, 0.2) is 48.5 Å². The fraction of sp³-hybridized carbons (Fsp3) is 0.444. The van der Waals surface area contributed by atoms with E-state index in [9.17, 15) is 14.4 Å². The Morgan fingerprint density at radius 2 is 1.85 bits per heavy atom. The highest BCUT2D eigenvalue weighted by Gasteiger charge is 2.54. The molecule has 3 aliphatic rings. The number of nitrogens with zero attached hydrogens (tertiary/aromatic N) is 2. The van der Waals surface area contributed by atoms with Crippen LogP contribution < -0.4 is 9.47 Å². The summed E-state index contributed by atoms with van der Waals surface area (Å²) in [5.41, 5.74) is 0.324. The fourth-order valence-corrected chi connectivity index (χ4v) is 5.52. The van der Waals surface area contributed by atoms with E-state index >= 15 is 0 Å². The molecule has 0 saturated carbocycles. The van der Waals surface area contributed by atoms with Crippen molar-refractivity contribution in [1.29, 1.82) is 0 Å². The van der Waals surface area contributed by atoms with Gasteiger partial charge in [-0.25, -0.2) is 0 Å². The molecule has 2 aromatic carbocycles. The highest BCUT2D eigenvalue weighted by atomic mass is 16.7. The Morgan fingerprint density at radius 1 is 1.06 bits per heavy atom. The number of carbonyl (C=O) groups excluding carboxylic acids is 3. The summed E-state index contributed by atoms with van der Waals surface area (Å²) in [5.74, 6) is 0.655. The van der Waals surface area contributed by atoms with Crippen molar-refractivity contribution in [3.8, 4) is 11.5 Å². The number of benzene rings is 2. The van der Waals surface area contributed by atoms with Gasteiger partial charge in [0.1, 0.15) is 0 Å². The Bertz CT molecular complexity index is 1100. The van der Waals surface area contributed by atoms with Gasteiger partial charge in [-0.3, -0.25) is 19.3 Å². The molecule has 34 heavy (non-hydrogen) atoms. The van der Waals surface area contributed by atoms with Gasteiger partial charge in [-0.1, -0.05) is 43.3 Å². The first-order valence-corrected chi connectivity index (χ1v) is 12.1. The molecule has 3 amide bonds. The van der Waals surface area contributed by atoms with Crippen LogP contribution in [-0.2, 0) is 26.3 Å². The molecule has 0 N–H and O–H groups in total. The van der Waals surface area contributed by atoms with E-state index in [1.807, 2.05) is 41.3 Å². The lowest BCUT2D eigenvalue weighted by atomic mass is 9.75. The second-order valence-electron chi connectivity index (χ2n) is 9.42. The fourth-order valence-electron chi connectivity index (χ4n) is 5.52. The summed E-state index contributed by atoms with van der Waals surface area (Å²) in [6, 6.07) is 14.9. The monoisotopic (exact) mass is 462 g/mol. The van der Waals surface area contributed by atoms with Crippen LogP contribution >= 0.6 is 0 Å². The van der Waals surface area contributed by atoms with E-state index in [0.717, 1.165) is 36.8 Å². The predicted molar refractivity (Wildman–Crippen MR) is 125 cm³/mol. The summed E-state index contributed by atoms with van der Waals surface area (Å²) in [4.78, 5) is 43.9. The molecule has 2 fully saturated rings. The molecule has 3 heterocycles. The molecule has 7 heteroatoms. The Kier molecular flexibility index (Phi) is 6.02. The van der Waals surface area contributed by atoms with Gasteiger partial charge < -0.3 is 14.4 Å². The van der Waals surface area contributed by atoms with Crippen LogP contribution in [0.4, 0.5) is 0 Å². The molecule has 0 bridgehead atoms. The Balaban J connectivity index is 1.44. The minimum absolute atomic E-state index is 0.00320. The van der Waals surface area contributed by atoms with Gasteiger partial charge in [0, 0.05) is 25.4 Å². The summed E-state index contributed by atoms with van der Waals surface area (Å²) in [6.07, 6.45) is 3.99. The van der Waals surface area contributed by atoms with Crippen molar-refractivity contribution >= 4 is 17.7 Å². The smallest absolute Gasteiger partial charge is 0.241 e. The maximum absolute atomic E-state index is 13.9. The summed E-state index contributed by atoms with van der Waals surface area (Å²) in [6.45, 7) is 3.11. The average molecular weight is 463 g/mol. The topological polar surface area (TPSA) is 76.2 Å². The normalized spacial score (nSPS) is 24.1. The lowest BCUT2D eigenvalue weighted by Crippen LogP contribution is -2.48. The summed E-state index contributed by atoms with van der Waals surface area (Å²) in [7, 11) is 0. The number of fused-ring (bicyclic) bond motifs is 1. The highest BCUT2D eigenvalue weighted by molar-refractivity contribution is 6.10. The number of imide groups is 1. The lowest BCUT2D eigenvalue weighted by Gasteiger charge is -2.37. The van der Waals surface area contributed by atoms with Crippen molar-refractivity contribution in [3.05, 3.63) is 59.7 Å². The van der Waals surface area contributed by atoms with Crippen molar-refractivity contribution in [2.75, 3.05) is 13.3 Å². The van der Waals surface area contributed by atoms with Crippen molar-refractivity contribution in [1.82, 2.24) is 9.80 Å². The van der Waals surface area contributed by atoms with Crippen LogP contribution in [0.3, 0.4) is 0 Å². The molecule has 0 aromatic heterocycles. The number of carbonyl (C=O) groups is 3. The predicted octanol–water partition coefficient (Wildman–Crippen LogP) is 3.79. The van der Waals surface area contributed by atoms with Gasteiger partial charge in [0.15, 0.2) is 11.5 Å².